The summed E-state index contributed by atoms with van der Waals surface area (Å²) in [6.07, 6.45) is 7.14. The molecule has 1 saturated carbocycles. The molecule has 0 aliphatic heterocycles. The standard InChI is InChI=1S/C23H22Br2O2/c24-13-20(26)16-5-3-15(4-6-16)17-7-8-18(21(27)14-25)19-9-12-23(22(17)19)10-1-2-11-23/h3-8H,1-2,9-14H2. The molecule has 0 atom stereocenters. The van der Waals surface area contributed by atoms with Crippen molar-refractivity contribution in [2.24, 2.45) is 0 Å². The second-order valence-electron chi connectivity index (χ2n) is 7.69. The minimum absolute atomic E-state index is 0.0947. The van der Waals surface area contributed by atoms with Gasteiger partial charge in [-0.25, -0.2) is 0 Å². The number of halogens is 2. The van der Waals surface area contributed by atoms with Crippen LogP contribution in [0.25, 0.3) is 11.1 Å². The Hall–Kier alpha value is -1.26. The van der Waals surface area contributed by atoms with Crippen LogP contribution in [0.4, 0.5) is 0 Å². The third-order valence-corrected chi connectivity index (χ3v) is 7.34. The van der Waals surface area contributed by atoms with E-state index in [9.17, 15) is 9.59 Å². The van der Waals surface area contributed by atoms with E-state index < -0.39 is 0 Å². The smallest absolute Gasteiger partial charge is 0.173 e. The number of ketones is 2. The second kappa shape index (κ2) is 7.63. The van der Waals surface area contributed by atoms with Crippen molar-refractivity contribution < 1.29 is 9.59 Å². The van der Waals surface area contributed by atoms with Gasteiger partial charge in [0.2, 0.25) is 0 Å². The van der Waals surface area contributed by atoms with Gasteiger partial charge < -0.3 is 0 Å². The Morgan fingerprint density at radius 3 is 2.15 bits per heavy atom. The molecule has 2 nitrogen and oxygen atoms in total. The van der Waals surface area contributed by atoms with Crippen LogP contribution in [0.5, 0.6) is 0 Å². The van der Waals surface area contributed by atoms with E-state index in [2.05, 4.69) is 50.1 Å². The summed E-state index contributed by atoms with van der Waals surface area (Å²) in [5.41, 5.74) is 6.91. The summed E-state index contributed by atoms with van der Waals surface area (Å²) < 4.78 is 0. The number of Topliss-reactive ketones (excluding diaryl/α,β-unsaturated/α-hetero) is 2. The van der Waals surface area contributed by atoms with Crippen LogP contribution in [0.15, 0.2) is 36.4 Å². The highest BCUT2D eigenvalue weighted by atomic mass is 79.9. The highest BCUT2D eigenvalue weighted by Crippen LogP contribution is 2.54. The van der Waals surface area contributed by atoms with Gasteiger partial charge in [0.15, 0.2) is 11.6 Å². The Kier molecular flexibility index (Phi) is 5.39. The summed E-state index contributed by atoms with van der Waals surface area (Å²) in [6, 6.07) is 12.1. The number of hydrogen-bond acceptors (Lipinski definition) is 2. The normalized spacial score (nSPS) is 17.3. The van der Waals surface area contributed by atoms with Crippen LogP contribution in [0.1, 0.15) is 63.9 Å². The number of fused-ring (bicyclic) bond motifs is 2. The van der Waals surface area contributed by atoms with Crippen molar-refractivity contribution in [3.8, 4) is 11.1 Å². The number of carbonyl (C=O) groups is 2. The van der Waals surface area contributed by atoms with Gasteiger partial charge in [-0.1, -0.05) is 81.1 Å². The van der Waals surface area contributed by atoms with Gasteiger partial charge in [-0.2, -0.15) is 0 Å². The van der Waals surface area contributed by atoms with E-state index in [1.807, 2.05) is 18.2 Å². The number of alkyl halides is 2. The lowest BCUT2D eigenvalue weighted by Crippen LogP contribution is -2.19. The SMILES string of the molecule is O=C(CBr)c1ccc(-c2ccc(C(=O)CBr)c3c2C2(CCCC2)CC3)cc1. The van der Waals surface area contributed by atoms with Crippen molar-refractivity contribution in [1.29, 1.82) is 0 Å². The molecule has 27 heavy (non-hydrogen) atoms. The molecule has 140 valence electrons. The molecule has 0 amide bonds. The quantitative estimate of drug-likeness (QED) is 0.366. The fraction of sp³-hybridized carbons (Fsp3) is 0.391. The molecule has 2 aromatic rings. The van der Waals surface area contributed by atoms with Crippen LogP contribution in [-0.2, 0) is 11.8 Å². The zero-order chi connectivity index (χ0) is 19.0. The summed E-state index contributed by atoms with van der Waals surface area (Å²) in [7, 11) is 0. The van der Waals surface area contributed by atoms with Gasteiger partial charge in [-0.15, -0.1) is 0 Å². The van der Waals surface area contributed by atoms with Gasteiger partial charge in [-0.05, 0) is 53.4 Å². The van der Waals surface area contributed by atoms with E-state index in [1.165, 1.54) is 42.4 Å². The fourth-order valence-electron chi connectivity index (χ4n) is 5.04. The molecule has 0 N–H and O–H groups in total. The first-order valence-electron chi connectivity index (χ1n) is 9.55. The number of carbonyl (C=O) groups excluding carboxylic acids is 2. The molecular weight excluding hydrogens is 468 g/mol. The summed E-state index contributed by atoms with van der Waals surface area (Å²) in [5.74, 6) is 0.267. The van der Waals surface area contributed by atoms with E-state index >= 15 is 0 Å². The van der Waals surface area contributed by atoms with Crippen molar-refractivity contribution in [2.45, 2.75) is 43.9 Å². The largest absolute Gasteiger partial charge is 0.293 e. The molecule has 0 heterocycles. The zero-order valence-electron chi connectivity index (χ0n) is 15.2. The maximum Gasteiger partial charge on any atom is 0.173 e. The molecular formula is C23H22Br2O2. The lowest BCUT2D eigenvalue weighted by atomic mass is 9.76. The van der Waals surface area contributed by atoms with E-state index in [0.717, 1.165) is 29.5 Å². The Morgan fingerprint density at radius 2 is 1.52 bits per heavy atom. The van der Waals surface area contributed by atoms with Gasteiger partial charge in [0, 0.05) is 11.1 Å². The second-order valence-corrected chi connectivity index (χ2v) is 8.81. The van der Waals surface area contributed by atoms with Crippen molar-refractivity contribution in [2.75, 3.05) is 10.7 Å². The molecule has 4 rings (SSSR count). The third kappa shape index (κ3) is 3.25. The molecule has 0 unspecified atom stereocenters. The summed E-state index contributed by atoms with van der Waals surface area (Å²) in [6.45, 7) is 0. The Morgan fingerprint density at radius 1 is 0.852 bits per heavy atom. The van der Waals surface area contributed by atoms with E-state index in [1.54, 1.807) is 0 Å². The van der Waals surface area contributed by atoms with Crippen LogP contribution in [0.3, 0.4) is 0 Å². The highest BCUT2D eigenvalue weighted by Gasteiger charge is 2.43. The van der Waals surface area contributed by atoms with Crippen molar-refractivity contribution in [3.05, 3.63) is 58.7 Å². The van der Waals surface area contributed by atoms with Crippen molar-refractivity contribution in [3.63, 3.8) is 0 Å². The summed E-state index contributed by atoms with van der Waals surface area (Å²) in [4.78, 5) is 24.4. The van der Waals surface area contributed by atoms with Crippen LogP contribution in [-0.4, -0.2) is 22.2 Å². The molecule has 0 aromatic heterocycles. The van der Waals surface area contributed by atoms with E-state index in [4.69, 9.17) is 0 Å². The minimum Gasteiger partial charge on any atom is -0.293 e. The molecule has 0 radical (unpaired) electrons. The van der Waals surface area contributed by atoms with Crippen LogP contribution >= 0.6 is 31.9 Å². The number of rotatable bonds is 5. The predicted molar refractivity (Wildman–Crippen MR) is 117 cm³/mol. The van der Waals surface area contributed by atoms with Gasteiger partial charge >= 0.3 is 0 Å². The molecule has 1 spiro atoms. The molecule has 2 aliphatic rings. The number of hydrogen-bond donors (Lipinski definition) is 0. The molecule has 4 heteroatoms. The molecule has 1 fully saturated rings. The first-order valence-corrected chi connectivity index (χ1v) is 11.8. The maximum absolute atomic E-state index is 12.5. The maximum atomic E-state index is 12.5. The molecule has 0 saturated heterocycles. The van der Waals surface area contributed by atoms with Crippen LogP contribution in [0.2, 0.25) is 0 Å². The zero-order valence-corrected chi connectivity index (χ0v) is 18.4. The topological polar surface area (TPSA) is 34.1 Å². The minimum atomic E-state index is 0.0947. The Balaban J connectivity index is 1.86. The fourth-order valence-corrected chi connectivity index (χ4v) is 5.67. The van der Waals surface area contributed by atoms with Gasteiger partial charge in [0.1, 0.15) is 0 Å². The Bertz CT molecular complexity index is 893. The summed E-state index contributed by atoms with van der Waals surface area (Å²) in [5, 5.41) is 0.712. The molecule has 2 aliphatic carbocycles. The van der Waals surface area contributed by atoms with E-state index in [-0.39, 0.29) is 17.0 Å². The number of benzene rings is 2. The van der Waals surface area contributed by atoms with Gasteiger partial charge in [0.25, 0.3) is 0 Å². The highest BCUT2D eigenvalue weighted by molar-refractivity contribution is 9.09. The average Bonchev–Trinajstić information content (AvgIpc) is 3.35. The monoisotopic (exact) mass is 488 g/mol. The van der Waals surface area contributed by atoms with Gasteiger partial charge in [-0.3, -0.25) is 9.59 Å². The van der Waals surface area contributed by atoms with Crippen molar-refractivity contribution in [1.82, 2.24) is 0 Å². The lowest BCUT2D eigenvalue weighted by Gasteiger charge is -2.28. The van der Waals surface area contributed by atoms with Crippen LogP contribution < -0.4 is 0 Å². The first-order chi connectivity index (χ1) is 13.1. The first kappa shape index (κ1) is 19.1. The summed E-state index contributed by atoms with van der Waals surface area (Å²) >= 11 is 6.58. The van der Waals surface area contributed by atoms with Crippen LogP contribution in [0, 0.1) is 0 Å². The third-order valence-electron chi connectivity index (χ3n) is 6.32. The molecule has 0 bridgehead atoms. The van der Waals surface area contributed by atoms with Crippen molar-refractivity contribution >= 4 is 43.4 Å². The van der Waals surface area contributed by atoms with Gasteiger partial charge in [0.05, 0.1) is 10.7 Å². The lowest BCUT2D eigenvalue weighted by molar-refractivity contribution is 0.101. The molecule has 2 aromatic carbocycles. The Labute approximate surface area is 177 Å². The van der Waals surface area contributed by atoms with E-state index in [0.29, 0.717) is 10.7 Å². The average molecular weight is 490 g/mol. The predicted octanol–water partition coefficient (Wildman–Crippen LogP) is 6.27.